The highest BCUT2D eigenvalue weighted by Gasteiger charge is 2.29. The molecule has 0 radical (unpaired) electrons. The van der Waals surface area contributed by atoms with Crippen LogP contribution in [0.1, 0.15) is 41.3 Å². The predicted molar refractivity (Wildman–Crippen MR) is 116 cm³/mol. The van der Waals surface area contributed by atoms with E-state index in [0.29, 0.717) is 29.4 Å². The van der Waals surface area contributed by atoms with E-state index >= 15 is 0 Å². The van der Waals surface area contributed by atoms with E-state index in [9.17, 15) is 13.2 Å². The molecule has 0 aliphatic heterocycles. The third-order valence-electron chi connectivity index (χ3n) is 5.41. The molecule has 1 aliphatic rings. The second-order valence-corrected chi connectivity index (χ2v) is 9.56. The topological polar surface area (TPSA) is 78.5 Å². The molecule has 0 bridgehead atoms. The van der Waals surface area contributed by atoms with Crippen molar-refractivity contribution < 1.29 is 13.2 Å². The zero-order valence-corrected chi connectivity index (χ0v) is 18.2. The fourth-order valence-electron chi connectivity index (χ4n) is 3.22. The first-order valence-electron chi connectivity index (χ1n) is 9.87. The number of likely N-dealkylation sites (N-methyl/N-ethyl adjacent to an activating group) is 1. The van der Waals surface area contributed by atoms with Crippen LogP contribution in [0.3, 0.4) is 0 Å². The number of nitrogens with zero attached hydrogens (tertiary/aromatic N) is 1. The van der Waals surface area contributed by atoms with E-state index in [1.165, 1.54) is 12.8 Å². The van der Waals surface area contributed by atoms with Crippen molar-refractivity contribution >= 4 is 21.6 Å². The van der Waals surface area contributed by atoms with Crippen LogP contribution in [0, 0.1) is 13.8 Å². The van der Waals surface area contributed by atoms with Crippen molar-refractivity contribution in [2.24, 2.45) is 0 Å². The second-order valence-electron chi connectivity index (χ2n) is 7.91. The van der Waals surface area contributed by atoms with Crippen molar-refractivity contribution in [1.82, 2.24) is 10.2 Å². The van der Waals surface area contributed by atoms with Gasteiger partial charge in [0.1, 0.15) is 0 Å². The number of carbonyl (C=O) groups is 1. The summed E-state index contributed by atoms with van der Waals surface area (Å²) in [6.07, 6.45) is 2.46. The zero-order valence-electron chi connectivity index (χ0n) is 17.4. The van der Waals surface area contributed by atoms with Crippen molar-refractivity contribution in [2.75, 3.05) is 18.3 Å². The molecular formula is C22H29N3O3S. The normalized spacial score (nSPS) is 15.2. The summed E-state index contributed by atoms with van der Waals surface area (Å²) in [4.78, 5) is 14.9. The average molecular weight is 416 g/mol. The lowest BCUT2D eigenvalue weighted by Crippen LogP contribution is -2.41. The largest absolute Gasteiger partial charge is 0.350 e. The third-order valence-corrected chi connectivity index (χ3v) is 6.93. The predicted octanol–water partition coefficient (Wildman–Crippen LogP) is 3.32. The molecule has 2 N–H and O–H groups in total. The summed E-state index contributed by atoms with van der Waals surface area (Å²) in [5.74, 6) is -0.162. The maximum absolute atomic E-state index is 12.7. The Kier molecular flexibility index (Phi) is 6.29. The molecule has 1 fully saturated rings. The Bertz CT molecular complexity index is 983. The molecule has 29 heavy (non-hydrogen) atoms. The highest BCUT2D eigenvalue weighted by atomic mass is 32.2. The maximum Gasteiger partial charge on any atom is 0.262 e. The van der Waals surface area contributed by atoms with Gasteiger partial charge in [-0.15, -0.1) is 0 Å². The van der Waals surface area contributed by atoms with Crippen LogP contribution in [0.5, 0.6) is 0 Å². The molecule has 7 heteroatoms. The molecule has 1 amide bonds. The molecule has 1 unspecified atom stereocenters. The Morgan fingerprint density at radius 3 is 2.41 bits per heavy atom. The van der Waals surface area contributed by atoms with Gasteiger partial charge < -0.3 is 5.32 Å². The van der Waals surface area contributed by atoms with E-state index in [0.717, 1.165) is 5.56 Å². The lowest BCUT2D eigenvalue weighted by molar-refractivity contribution is 0.0939. The number of amides is 1. The monoisotopic (exact) mass is 415 g/mol. The molecule has 1 saturated carbocycles. The van der Waals surface area contributed by atoms with Gasteiger partial charge in [0.25, 0.3) is 15.9 Å². The Labute approximate surface area is 173 Å². The summed E-state index contributed by atoms with van der Waals surface area (Å²) < 4.78 is 28.0. The molecule has 2 aromatic carbocycles. The number of hydrogen-bond donors (Lipinski definition) is 2. The third kappa shape index (κ3) is 5.36. The quantitative estimate of drug-likeness (QED) is 0.693. The molecule has 0 spiro atoms. The molecule has 3 rings (SSSR count). The number of hydrogen-bond acceptors (Lipinski definition) is 4. The van der Waals surface area contributed by atoms with Crippen LogP contribution in [0.15, 0.2) is 47.4 Å². The van der Waals surface area contributed by atoms with Crippen LogP contribution < -0.4 is 10.0 Å². The Hall–Kier alpha value is -2.38. The lowest BCUT2D eigenvalue weighted by Gasteiger charge is -2.24. The Morgan fingerprint density at radius 1 is 1.14 bits per heavy atom. The highest BCUT2D eigenvalue weighted by Crippen LogP contribution is 2.26. The average Bonchev–Trinajstić information content (AvgIpc) is 3.52. The molecule has 1 aliphatic carbocycles. The van der Waals surface area contributed by atoms with E-state index in [1.807, 2.05) is 13.0 Å². The minimum absolute atomic E-state index is 0.162. The van der Waals surface area contributed by atoms with Gasteiger partial charge in [-0.3, -0.25) is 14.4 Å². The van der Waals surface area contributed by atoms with Gasteiger partial charge in [0.05, 0.1) is 4.90 Å². The molecular weight excluding hydrogens is 386 g/mol. The summed E-state index contributed by atoms with van der Waals surface area (Å²) in [6.45, 7) is 6.30. The minimum Gasteiger partial charge on any atom is -0.350 e. The van der Waals surface area contributed by atoms with Crippen LogP contribution in [0.25, 0.3) is 0 Å². The van der Waals surface area contributed by atoms with Gasteiger partial charge >= 0.3 is 0 Å². The molecule has 0 aromatic heterocycles. The van der Waals surface area contributed by atoms with Crippen molar-refractivity contribution in [3.8, 4) is 0 Å². The number of anilines is 1. The molecule has 6 nitrogen and oxygen atoms in total. The summed E-state index contributed by atoms with van der Waals surface area (Å²) in [5, 5.41) is 2.95. The van der Waals surface area contributed by atoms with Gasteiger partial charge in [-0.05, 0) is 82.1 Å². The number of nitrogens with one attached hydrogen (secondary N) is 2. The number of rotatable bonds is 8. The maximum atomic E-state index is 12.7. The first kappa shape index (κ1) is 21.3. The van der Waals surface area contributed by atoms with Crippen molar-refractivity contribution in [3.05, 3.63) is 59.2 Å². The van der Waals surface area contributed by atoms with Crippen molar-refractivity contribution in [1.29, 1.82) is 0 Å². The van der Waals surface area contributed by atoms with Gasteiger partial charge in [0, 0.05) is 29.9 Å². The lowest BCUT2D eigenvalue weighted by atomic mass is 10.2. The Morgan fingerprint density at radius 2 is 1.79 bits per heavy atom. The van der Waals surface area contributed by atoms with E-state index in [1.54, 1.807) is 43.3 Å². The van der Waals surface area contributed by atoms with Gasteiger partial charge in [-0.1, -0.05) is 12.1 Å². The molecule has 0 saturated heterocycles. The second kappa shape index (κ2) is 8.55. The fourth-order valence-corrected chi connectivity index (χ4v) is 4.61. The number of aryl methyl sites for hydroxylation is 2. The highest BCUT2D eigenvalue weighted by molar-refractivity contribution is 7.92. The van der Waals surface area contributed by atoms with Crippen LogP contribution >= 0.6 is 0 Å². The van der Waals surface area contributed by atoms with Gasteiger partial charge in [-0.25, -0.2) is 8.42 Å². The van der Waals surface area contributed by atoms with Crippen LogP contribution in [0.4, 0.5) is 5.69 Å². The summed E-state index contributed by atoms with van der Waals surface area (Å²) in [5.41, 5.74) is 2.49. The smallest absolute Gasteiger partial charge is 0.262 e. The number of carbonyl (C=O) groups excluding carboxylic acids is 1. The van der Waals surface area contributed by atoms with E-state index < -0.39 is 10.0 Å². The molecule has 0 heterocycles. The number of sulfonamides is 1. The van der Waals surface area contributed by atoms with Crippen molar-refractivity contribution in [3.63, 3.8) is 0 Å². The van der Waals surface area contributed by atoms with Crippen LogP contribution in [0.2, 0.25) is 0 Å². The first-order valence-corrected chi connectivity index (χ1v) is 11.4. The molecule has 1 atom stereocenters. The van der Waals surface area contributed by atoms with E-state index in [4.69, 9.17) is 0 Å². The number of benzene rings is 2. The van der Waals surface area contributed by atoms with Gasteiger partial charge in [0.15, 0.2) is 0 Å². The summed E-state index contributed by atoms with van der Waals surface area (Å²) >= 11 is 0. The fraction of sp³-hybridized carbons (Fsp3) is 0.409. The van der Waals surface area contributed by atoms with E-state index in [-0.39, 0.29) is 16.8 Å². The minimum atomic E-state index is -3.69. The molecule has 2 aromatic rings. The van der Waals surface area contributed by atoms with E-state index in [2.05, 4.69) is 28.9 Å². The first-order chi connectivity index (χ1) is 13.7. The standard InChI is InChI=1S/C22H29N3O3S/c1-15-5-6-16(2)21(13-15)29(27,28)24-19-9-7-18(8-10-19)22(26)23-14-17(3)25(4)20-11-12-20/h5-10,13,17,20,24H,11-12,14H2,1-4H3,(H,23,26). The van der Waals surface area contributed by atoms with Gasteiger partial charge in [0.2, 0.25) is 0 Å². The summed E-state index contributed by atoms with van der Waals surface area (Å²) in [6, 6.07) is 12.7. The molecule has 156 valence electrons. The van der Waals surface area contributed by atoms with Crippen LogP contribution in [-0.2, 0) is 10.0 Å². The van der Waals surface area contributed by atoms with Crippen molar-refractivity contribution in [2.45, 2.75) is 50.6 Å². The van der Waals surface area contributed by atoms with Gasteiger partial charge in [-0.2, -0.15) is 0 Å². The SMILES string of the molecule is Cc1ccc(C)c(S(=O)(=O)Nc2ccc(C(=O)NCC(C)N(C)C3CC3)cc2)c1. The Balaban J connectivity index is 1.62. The zero-order chi connectivity index (χ0) is 21.2. The summed E-state index contributed by atoms with van der Waals surface area (Å²) in [7, 11) is -1.60. The van der Waals surface area contributed by atoms with Crippen LogP contribution in [-0.4, -0.2) is 44.9 Å².